The Labute approximate surface area is 151 Å². The molecule has 1 atom stereocenters. The monoisotopic (exact) mass is 375 g/mol. The van der Waals surface area contributed by atoms with Gasteiger partial charge in [-0.05, 0) is 13.0 Å². The minimum absolute atomic E-state index is 0.0956. The summed E-state index contributed by atoms with van der Waals surface area (Å²) in [5.41, 5.74) is 4.59. The van der Waals surface area contributed by atoms with Gasteiger partial charge in [0, 0.05) is 16.6 Å². The molecule has 1 spiro atoms. The quantitative estimate of drug-likeness (QED) is 0.743. The third-order valence-corrected chi connectivity index (χ3v) is 6.14. The molecule has 0 radical (unpaired) electrons. The number of amides is 4. The van der Waals surface area contributed by atoms with Gasteiger partial charge < -0.3 is 5.32 Å². The number of rotatable bonds is 2. The van der Waals surface area contributed by atoms with E-state index in [0.717, 1.165) is 10.7 Å². The fraction of sp³-hybridized carbons (Fsp3) is 0.200. The van der Waals surface area contributed by atoms with Gasteiger partial charge in [0.25, 0.3) is 11.8 Å². The molecule has 1 fully saturated rings. The molecule has 128 valence electrons. The van der Waals surface area contributed by atoms with E-state index in [2.05, 4.69) is 21.0 Å². The van der Waals surface area contributed by atoms with Gasteiger partial charge in [-0.3, -0.25) is 14.9 Å². The molecule has 3 heterocycles. The highest BCUT2D eigenvalue weighted by Crippen LogP contribution is 2.51. The minimum Gasteiger partial charge on any atom is -0.322 e. The molecule has 1 saturated heterocycles. The molecular formula is C15H13N5O3S2. The Balaban J connectivity index is 1.62. The average Bonchev–Trinajstić information content (AvgIpc) is 3.21. The molecule has 4 rings (SSSR count). The maximum absolute atomic E-state index is 12.6. The topological polar surface area (TPSA) is 103 Å². The Hall–Kier alpha value is -2.59. The second-order valence-corrected chi connectivity index (χ2v) is 7.55. The predicted octanol–water partition coefficient (Wildman–Crippen LogP) is 1.87. The molecule has 8 nitrogen and oxygen atoms in total. The number of hydrogen-bond acceptors (Lipinski definition) is 6. The van der Waals surface area contributed by atoms with Crippen LogP contribution in [-0.4, -0.2) is 33.6 Å². The number of hydrogen-bond donors (Lipinski definition) is 3. The Morgan fingerprint density at radius 2 is 2.16 bits per heavy atom. The average molecular weight is 375 g/mol. The molecule has 2 aliphatic heterocycles. The molecule has 0 saturated carbocycles. The van der Waals surface area contributed by atoms with E-state index < -0.39 is 10.9 Å². The van der Waals surface area contributed by atoms with Crippen molar-refractivity contribution in [2.24, 2.45) is 0 Å². The number of para-hydroxylation sites is 1. The number of urea groups is 1. The van der Waals surface area contributed by atoms with Crippen molar-refractivity contribution in [1.82, 2.24) is 15.4 Å². The zero-order valence-corrected chi connectivity index (χ0v) is 14.7. The summed E-state index contributed by atoms with van der Waals surface area (Å²) in [6.07, 6.45) is 0. The summed E-state index contributed by atoms with van der Waals surface area (Å²) in [5.74, 6) is -0.601. The van der Waals surface area contributed by atoms with Gasteiger partial charge in [-0.1, -0.05) is 18.2 Å². The Kier molecular flexibility index (Phi) is 3.65. The number of carbonyl (C=O) groups excluding carboxylic acids is 3. The third kappa shape index (κ3) is 2.45. The zero-order valence-electron chi connectivity index (χ0n) is 13.0. The Bertz CT molecular complexity index is 899. The molecule has 3 N–H and O–H groups in total. The van der Waals surface area contributed by atoms with E-state index in [1.807, 2.05) is 6.92 Å². The van der Waals surface area contributed by atoms with E-state index in [0.29, 0.717) is 16.4 Å². The normalized spacial score (nSPS) is 21.4. The summed E-state index contributed by atoms with van der Waals surface area (Å²) in [6, 6.07) is 6.51. The van der Waals surface area contributed by atoms with Crippen LogP contribution in [0.1, 0.15) is 11.3 Å². The van der Waals surface area contributed by atoms with Gasteiger partial charge in [0.15, 0.2) is 5.13 Å². The second kappa shape index (κ2) is 5.74. The first-order valence-electron chi connectivity index (χ1n) is 7.38. The highest BCUT2D eigenvalue weighted by molar-refractivity contribution is 8.02. The lowest BCUT2D eigenvalue weighted by Gasteiger charge is -2.31. The van der Waals surface area contributed by atoms with Crippen LogP contribution >= 0.6 is 23.1 Å². The van der Waals surface area contributed by atoms with Gasteiger partial charge in [-0.15, -0.1) is 23.1 Å². The number of thioether (sulfide) groups is 1. The maximum atomic E-state index is 12.6. The highest BCUT2D eigenvalue weighted by Gasteiger charge is 2.58. The third-order valence-electron chi connectivity index (χ3n) is 3.87. The number of aryl methyl sites for hydroxylation is 1. The number of carbonyl (C=O) groups is 3. The van der Waals surface area contributed by atoms with Crippen LogP contribution in [0.4, 0.5) is 15.6 Å². The SMILES string of the molecule is Cc1csc(NC(=O)NN2C(=O)CSC23C(=O)Nc2ccccc23)n1. The zero-order chi connectivity index (χ0) is 17.6. The van der Waals surface area contributed by atoms with Crippen LogP contribution in [0, 0.1) is 6.92 Å². The number of anilines is 2. The van der Waals surface area contributed by atoms with Crippen molar-refractivity contribution >= 4 is 51.8 Å². The lowest BCUT2D eigenvalue weighted by atomic mass is 10.1. The molecule has 4 amide bonds. The lowest BCUT2D eigenvalue weighted by Crippen LogP contribution is -2.56. The number of nitrogens with zero attached hydrogens (tertiary/aromatic N) is 2. The highest BCUT2D eigenvalue weighted by atomic mass is 32.2. The van der Waals surface area contributed by atoms with Crippen LogP contribution in [0.2, 0.25) is 0 Å². The van der Waals surface area contributed by atoms with Gasteiger partial charge in [0.05, 0.1) is 11.4 Å². The summed E-state index contributed by atoms with van der Waals surface area (Å²) in [7, 11) is 0. The van der Waals surface area contributed by atoms with Crippen molar-refractivity contribution in [2.75, 3.05) is 16.4 Å². The van der Waals surface area contributed by atoms with Crippen LogP contribution in [0.3, 0.4) is 0 Å². The Morgan fingerprint density at radius 3 is 2.92 bits per heavy atom. The fourth-order valence-electron chi connectivity index (χ4n) is 2.83. The Morgan fingerprint density at radius 1 is 1.36 bits per heavy atom. The molecule has 2 aromatic rings. The first kappa shape index (κ1) is 15.9. The summed E-state index contributed by atoms with van der Waals surface area (Å²) in [4.78, 5) is 40.1. The van der Waals surface area contributed by atoms with Crippen LogP contribution in [0.25, 0.3) is 0 Å². The number of thiazole rings is 1. The predicted molar refractivity (Wildman–Crippen MR) is 95.1 cm³/mol. The standard InChI is InChI=1S/C15H13N5O3S2/c1-8-6-24-14(16-8)18-13(23)19-20-11(21)7-25-15(20)9-4-2-3-5-10(9)17-12(15)22/h2-6H,7H2,1H3,(H,17,22)(H2,16,18,19,23). The number of aromatic nitrogens is 1. The number of hydrazine groups is 1. The number of benzene rings is 1. The van der Waals surface area contributed by atoms with Crippen molar-refractivity contribution in [3.63, 3.8) is 0 Å². The van der Waals surface area contributed by atoms with Gasteiger partial charge >= 0.3 is 6.03 Å². The molecule has 0 bridgehead atoms. The fourth-order valence-corrected chi connectivity index (χ4v) is 4.77. The van der Waals surface area contributed by atoms with Crippen molar-refractivity contribution in [3.8, 4) is 0 Å². The molecule has 10 heteroatoms. The van der Waals surface area contributed by atoms with Gasteiger partial charge in [-0.25, -0.2) is 20.2 Å². The second-order valence-electron chi connectivity index (χ2n) is 5.52. The van der Waals surface area contributed by atoms with Crippen molar-refractivity contribution in [3.05, 3.63) is 40.9 Å². The van der Waals surface area contributed by atoms with Gasteiger partial charge in [0.1, 0.15) is 0 Å². The summed E-state index contributed by atoms with van der Waals surface area (Å²) < 4.78 is 0. The largest absolute Gasteiger partial charge is 0.339 e. The molecule has 1 aromatic carbocycles. The first-order valence-corrected chi connectivity index (χ1v) is 9.25. The van der Waals surface area contributed by atoms with Crippen molar-refractivity contribution in [2.45, 2.75) is 11.8 Å². The van der Waals surface area contributed by atoms with E-state index in [-0.39, 0.29) is 17.6 Å². The molecule has 0 aliphatic carbocycles. The van der Waals surface area contributed by atoms with Crippen LogP contribution in [0.15, 0.2) is 29.6 Å². The van der Waals surface area contributed by atoms with Crippen molar-refractivity contribution in [1.29, 1.82) is 0 Å². The van der Waals surface area contributed by atoms with Crippen LogP contribution < -0.4 is 16.1 Å². The lowest BCUT2D eigenvalue weighted by molar-refractivity contribution is -0.139. The summed E-state index contributed by atoms with van der Waals surface area (Å²) in [6.45, 7) is 1.81. The molecule has 25 heavy (non-hydrogen) atoms. The van der Waals surface area contributed by atoms with Crippen molar-refractivity contribution < 1.29 is 14.4 Å². The first-order chi connectivity index (χ1) is 12.0. The van der Waals surface area contributed by atoms with Gasteiger partial charge in [-0.2, -0.15) is 0 Å². The number of nitrogens with one attached hydrogen (secondary N) is 3. The van der Waals surface area contributed by atoms with Gasteiger partial charge in [0.2, 0.25) is 4.87 Å². The molecule has 1 unspecified atom stereocenters. The summed E-state index contributed by atoms with van der Waals surface area (Å²) in [5, 5.41) is 8.67. The molecule has 1 aromatic heterocycles. The summed E-state index contributed by atoms with van der Waals surface area (Å²) >= 11 is 2.46. The molecule has 2 aliphatic rings. The van der Waals surface area contributed by atoms with E-state index in [9.17, 15) is 14.4 Å². The van der Waals surface area contributed by atoms with E-state index >= 15 is 0 Å². The minimum atomic E-state index is -1.29. The van der Waals surface area contributed by atoms with E-state index in [1.54, 1.807) is 29.6 Å². The van der Waals surface area contributed by atoms with Crippen LogP contribution in [-0.2, 0) is 14.5 Å². The van der Waals surface area contributed by atoms with E-state index in [1.165, 1.54) is 23.1 Å². The maximum Gasteiger partial charge on any atom is 0.339 e. The molecular weight excluding hydrogens is 362 g/mol. The smallest absolute Gasteiger partial charge is 0.322 e. The van der Waals surface area contributed by atoms with E-state index in [4.69, 9.17) is 0 Å². The van der Waals surface area contributed by atoms with Crippen LogP contribution in [0.5, 0.6) is 0 Å². The number of fused-ring (bicyclic) bond motifs is 2.